The number of benzene rings is 1. The van der Waals surface area contributed by atoms with Crippen LogP contribution < -0.4 is 37.9 Å². The average Bonchev–Trinajstić information content (AvgIpc) is 2.61. The van der Waals surface area contributed by atoms with Crippen molar-refractivity contribution in [3.63, 3.8) is 0 Å². The highest BCUT2D eigenvalue weighted by atomic mass is 16.5. The Morgan fingerprint density at radius 2 is 1.68 bits per heavy atom. The zero-order valence-electron chi connectivity index (χ0n) is 13.4. The molecular formula is C14H18N8O3. The van der Waals surface area contributed by atoms with Gasteiger partial charge in [-0.05, 0) is 17.7 Å². The monoisotopic (exact) mass is 346 g/mol. The van der Waals surface area contributed by atoms with Gasteiger partial charge in [0.15, 0.2) is 5.82 Å². The molecule has 0 saturated carbocycles. The lowest BCUT2D eigenvalue weighted by molar-refractivity contribution is 0.253. The van der Waals surface area contributed by atoms with E-state index in [4.69, 9.17) is 27.9 Å². The first-order valence-electron chi connectivity index (χ1n) is 7.00. The number of primary amides is 2. The van der Waals surface area contributed by atoms with Gasteiger partial charge in [0.05, 0.1) is 7.11 Å². The van der Waals surface area contributed by atoms with Crippen LogP contribution in [0.1, 0.15) is 11.1 Å². The van der Waals surface area contributed by atoms with Crippen LogP contribution in [0.2, 0.25) is 0 Å². The predicted molar refractivity (Wildman–Crippen MR) is 90.3 cm³/mol. The lowest BCUT2D eigenvalue weighted by Crippen LogP contribution is -2.45. The van der Waals surface area contributed by atoms with E-state index in [0.717, 1.165) is 5.56 Å². The minimum atomic E-state index is -0.975. The Balaban J connectivity index is 2.41. The topological polar surface area (TPSA) is 180 Å². The molecule has 132 valence electrons. The smallest absolute Gasteiger partial charge is 0.336 e. The summed E-state index contributed by atoms with van der Waals surface area (Å²) < 4.78 is 5.10. The van der Waals surface area contributed by atoms with Crippen LogP contribution in [0.4, 0.5) is 21.4 Å². The summed E-state index contributed by atoms with van der Waals surface area (Å²) >= 11 is 0. The van der Waals surface area contributed by atoms with E-state index in [1.807, 2.05) is 12.1 Å². The molecule has 2 rings (SSSR count). The first-order valence-corrected chi connectivity index (χ1v) is 7.00. The summed E-state index contributed by atoms with van der Waals surface area (Å²) in [7, 11) is 1.57. The second-order valence-corrected chi connectivity index (χ2v) is 4.96. The number of amides is 4. The van der Waals surface area contributed by atoms with Gasteiger partial charge in [0, 0.05) is 18.2 Å². The third-order valence-corrected chi connectivity index (χ3v) is 3.30. The number of urea groups is 2. The Hall–Kier alpha value is -3.44. The lowest BCUT2D eigenvalue weighted by atomic mass is 10.1. The second kappa shape index (κ2) is 7.42. The van der Waals surface area contributed by atoms with Crippen LogP contribution in [0.25, 0.3) is 0 Å². The first-order chi connectivity index (χ1) is 11.8. The van der Waals surface area contributed by atoms with E-state index >= 15 is 0 Å². The van der Waals surface area contributed by atoms with E-state index in [1.54, 1.807) is 19.2 Å². The number of carbonyl (C=O) groups excluding carboxylic acids is 2. The molecule has 0 aliphatic carbocycles. The molecular weight excluding hydrogens is 328 g/mol. The molecule has 11 nitrogen and oxygen atoms in total. The van der Waals surface area contributed by atoms with Crippen molar-refractivity contribution in [2.45, 2.75) is 6.42 Å². The molecule has 0 aliphatic heterocycles. The van der Waals surface area contributed by atoms with Crippen molar-refractivity contribution in [2.75, 3.05) is 17.1 Å². The Morgan fingerprint density at radius 3 is 2.20 bits per heavy atom. The predicted octanol–water partition coefficient (Wildman–Crippen LogP) is -0.406. The van der Waals surface area contributed by atoms with E-state index in [2.05, 4.69) is 9.97 Å². The van der Waals surface area contributed by atoms with Gasteiger partial charge in [0.25, 0.3) is 5.95 Å². The van der Waals surface area contributed by atoms with Crippen molar-refractivity contribution in [3.05, 3.63) is 41.6 Å². The van der Waals surface area contributed by atoms with Crippen molar-refractivity contribution in [3.8, 4) is 5.75 Å². The summed E-state index contributed by atoms with van der Waals surface area (Å²) in [5, 5.41) is 1.16. The van der Waals surface area contributed by atoms with Crippen LogP contribution >= 0.6 is 0 Å². The van der Waals surface area contributed by atoms with Crippen molar-refractivity contribution < 1.29 is 14.3 Å². The highest BCUT2D eigenvalue weighted by Crippen LogP contribution is 2.22. The van der Waals surface area contributed by atoms with Crippen molar-refractivity contribution >= 4 is 23.8 Å². The van der Waals surface area contributed by atoms with Gasteiger partial charge >= 0.3 is 12.1 Å². The first kappa shape index (κ1) is 17.9. The number of hydrazine groups is 2. The molecule has 1 aromatic heterocycles. The summed E-state index contributed by atoms with van der Waals surface area (Å²) in [6.07, 6.45) is 1.73. The maximum atomic E-state index is 11.4. The highest BCUT2D eigenvalue weighted by Gasteiger charge is 2.19. The molecule has 1 aromatic carbocycles. The van der Waals surface area contributed by atoms with Gasteiger partial charge in [-0.3, -0.25) is 0 Å². The van der Waals surface area contributed by atoms with Gasteiger partial charge in [-0.15, -0.1) is 0 Å². The number of nitrogens with two attached hydrogens (primary N) is 4. The Labute approximate surface area is 143 Å². The fraction of sp³-hybridized carbons (Fsp3) is 0.143. The zero-order valence-corrected chi connectivity index (χ0v) is 13.4. The summed E-state index contributed by atoms with van der Waals surface area (Å²) in [6.45, 7) is 0. The maximum Gasteiger partial charge on any atom is 0.336 e. The molecule has 4 amide bonds. The standard InChI is InChI=1S/C14H18N8O3/c1-25-10-4-2-8(3-5-10)6-9-7-19-14(22(18)13(16)24)20-11(9)21(17)12(15)23/h2-5,7H,6,17-18H2,1H3,(H2,15,23)(H2,16,24). The maximum absolute atomic E-state index is 11.4. The molecule has 0 fully saturated rings. The van der Waals surface area contributed by atoms with E-state index in [0.29, 0.717) is 27.8 Å². The molecule has 0 saturated heterocycles. The van der Waals surface area contributed by atoms with Gasteiger partial charge < -0.3 is 16.2 Å². The number of aromatic nitrogens is 2. The molecule has 1 heterocycles. The van der Waals surface area contributed by atoms with E-state index < -0.39 is 12.1 Å². The number of nitrogens with zero attached hydrogens (tertiary/aromatic N) is 4. The van der Waals surface area contributed by atoms with Crippen LogP contribution in [-0.4, -0.2) is 29.1 Å². The second-order valence-electron chi connectivity index (χ2n) is 4.96. The van der Waals surface area contributed by atoms with Gasteiger partial charge in [-0.25, -0.2) is 31.3 Å². The van der Waals surface area contributed by atoms with Crippen LogP contribution in [0.5, 0.6) is 5.75 Å². The molecule has 0 bridgehead atoms. The number of carbonyl (C=O) groups is 2. The molecule has 0 spiro atoms. The summed E-state index contributed by atoms with van der Waals surface area (Å²) in [4.78, 5) is 30.5. The number of anilines is 2. The number of methoxy groups -OCH3 is 1. The molecule has 8 N–H and O–H groups in total. The zero-order chi connectivity index (χ0) is 18.6. The van der Waals surface area contributed by atoms with Gasteiger partial charge in [-0.1, -0.05) is 12.1 Å². The number of hydrogen-bond donors (Lipinski definition) is 4. The van der Waals surface area contributed by atoms with Crippen molar-refractivity contribution in [2.24, 2.45) is 23.2 Å². The van der Waals surface area contributed by atoms with Crippen molar-refractivity contribution in [1.82, 2.24) is 9.97 Å². The number of hydrogen-bond acceptors (Lipinski definition) is 7. The summed E-state index contributed by atoms with van der Waals surface area (Å²) in [6, 6.07) is 5.32. The lowest BCUT2D eigenvalue weighted by Gasteiger charge is -2.19. The van der Waals surface area contributed by atoms with Crippen LogP contribution in [0, 0.1) is 0 Å². The van der Waals surface area contributed by atoms with Crippen LogP contribution in [-0.2, 0) is 6.42 Å². The van der Waals surface area contributed by atoms with E-state index in [-0.39, 0.29) is 11.8 Å². The Kier molecular flexibility index (Phi) is 5.31. The highest BCUT2D eigenvalue weighted by molar-refractivity contribution is 5.90. The largest absolute Gasteiger partial charge is 0.497 e. The molecule has 0 aliphatic rings. The molecule has 0 atom stereocenters. The number of rotatable bonds is 5. The Morgan fingerprint density at radius 1 is 1.08 bits per heavy atom. The minimum absolute atomic E-state index is 0.00465. The average molecular weight is 346 g/mol. The van der Waals surface area contributed by atoms with Crippen LogP contribution in [0.15, 0.2) is 30.5 Å². The molecule has 25 heavy (non-hydrogen) atoms. The van der Waals surface area contributed by atoms with E-state index in [1.165, 1.54) is 6.20 Å². The van der Waals surface area contributed by atoms with Crippen LogP contribution in [0.3, 0.4) is 0 Å². The van der Waals surface area contributed by atoms with Gasteiger partial charge in [-0.2, -0.15) is 9.99 Å². The fourth-order valence-corrected chi connectivity index (χ4v) is 2.00. The third kappa shape index (κ3) is 4.10. The molecule has 2 aromatic rings. The third-order valence-electron chi connectivity index (χ3n) is 3.30. The molecule has 0 radical (unpaired) electrons. The van der Waals surface area contributed by atoms with E-state index in [9.17, 15) is 9.59 Å². The van der Waals surface area contributed by atoms with Crippen molar-refractivity contribution in [1.29, 1.82) is 0 Å². The molecule has 11 heteroatoms. The summed E-state index contributed by atoms with van der Waals surface area (Å²) in [5.74, 6) is 11.6. The minimum Gasteiger partial charge on any atom is -0.497 e. The fourth-order valence-electron chi connectivity index (χ4n) is 2.00. The SMILES string of the molecule is COc1ccc(Cc2cnc(N(N)C(N)=O)nc2N(N)C(N)=O)cc1. The Bertz CT molecular complexity index is 780. The normalized spacial score (nSPS) is 10.2. The number of ether oxygens (including phenoxy) is 1. The molecule has 0 unspecified atom stereocenters. The van der Waals surface area contributed by atoms with Gasteiger partial charge in [0.2, 0.25) is 0 Å². The quantitative estimate of drug-likeness (QED) is 0.322. The summed E-state index contributed by atoms with van der Waals surface area (Å²) in [5.41, 5.74) is 11.7. The van der Waals surface area contributed by atoms with Gasteiger partial charge in [0.1, 0.15) is 5.75 Å².